The quantitative estimate of drug-likeness (QED) is 0.530. The van der Waals surface area contributed by atoms with Crippen molar-refractivity contribution < 1.29 is 4.43 Å². The van der Waals surface area contributed by atoms with Gasteiger partial charge in [0.15, 0.2) is 8.32 Å². The molecule has 0 heterocycles. The van der Waals surface area contributed by atoms with Gasteiger partial charge in [-0.2, -0.15) is 0 Å². The fourth-order valence-corrected chi connectivity index (χ4v) is 2.79. The molecule has 1 aromatic rings. The van der Waals surface area contributed by atoms with Gasteiger partial charge in [-0.05, 0) is 24.7 Å². The molecular formula is C14H20OSi. The molecule has 0 spiro atoms. The SMILES string of the molecule is C=CC[Si](C)(C)OCC=Cc1ccccc1. The third-order valence-electron chi connectivity index (χ3n) is 2.32. The molecular weight excluding hydrogens is 212 g/mol. The Kier molecular flexibility index (Phi) is 5.22. The van der Waals surface area contributed by atoms with Gasteiger partial charge in [-0.25, -0.2) is 0 Å². The molecule has 0 aliphatic rings. The van der Waals surface area contributed by atoms with Crippen LogP contribution in [0.1, 0.15) is 5.56 Å². The van der Waals surface area contributed by atoms with Crippen LogP contribution in [0.3, 0.4) is 0 Å². The normalized spacial score (nSPS) is 11.9. The molecule has 86 valence electrons. The second kappa shape index (κ2) is 6.46. The van der Waals surface area contributed by atoms with Crippen LogP contribution >= 0.6 is 0 Å². The van der Waals surface area contributed by atoms with Gasteiger partial charge in [-0.1, -0.05) is 48.6 Å². The van der Waals surface area contributed by atoms with E-state index in [1.807, 2.05) is 24.3 Å². The van der Waals surface area contributed by atoms with Crippen LogP contribution in [0.2, 0.25) is 19.1 Å². The Morgan fingerprint density at radius 3 is 2.56 bits per heavy atom. The van der Waals surface area contributed by atoms with Crippen molar-refractivity contribution in [2.24, 2.45) is 0 Å². The van der Waals surface area contributed by atoms with Crippen molar-refractivity contribution in [3.63, 3.8) is 0 Å². The number of hydrogen-bond donors (Lipinski definition) is 0. The van der Waals surface area contributed by atoms with Crippen molar-refractivity contribution in [3.05, 3.63) is 54.6 Å². The second-order valence-electron chi connectivity index (χ2n) is 4.38. The molecule has 0 atom stereocenters. The zero-order chi connectivity index (χ0) is 11.9. The van der Waals surface area contributed by atoms with Crippen LogP contribution in [0.15, 0.2) is 49.1 Å². The van der Waals surface area contributed by atoms with Crippen molar-refractivity contribution >= 4 is 14.4 Å². The molecule has 0 aliphatic carbocycles. The smallest absolute Gasteiger partial charge is 0.190 e. The summed E-state index contributed by atoms with van der Waals surface area (Å²) in [4.78, 5) is 0. The van der Waals surface area contributed by atoms with Crippen LogP contribution in [0.25, 0.3) is 6.08 Å². The van der Waals surface area contributed by atoms with Gasteiger partial charge < -0.3 is 4.43 Å². The van der Waals surface area contributed by atoms with Crippen molar-refractivity contribution in [3.8, 4) is 0 Å². The molecule has 0 fully saturated rings. The lowest BCUT2D eigenvalue weighted by Crippen LogP contribution is -2.29. The first kappa shape index (κ1) is 12.9. The summed E-state index contributed by atoms with van der Waals surface area (Å²) in [5.74, 6) is 0. The summed E-state index contributed by atoms with van der Waals surface area (Å²) in [5.41, 5.74) is 1.22. The van der Waals surface area contributed by atoms with E-state index in [9.17, 15) is 0 Å². The van der Waals surface area contributed by atoms with Gasteiger partial charge in [0, 0.05) is 0 Å². The number of hydrogen-bond acceptors (Lipinski definition) is 1. The molecule has 16 heavy (non-hydrogen) atoms. The summed E-state index contributed by atoms with van der Waals surface area (Å²) in [6.45, 7) is 8.88. The lowest BCUT2D eigenvalue weighted by Gasteiger charge is -2.19. The van der Waals surface area contributed by atoms with Gasteiger partial charge in [0.2, 0.25) is 0 Å². The Balaban J connectivity index is 2.36. The molecule has 1 rings (SSSR count). The first-order valence-corrected chi connectivity index (χ1v) is 8.72. The summed E-state index contributed by atoms with van der Waals surface area (Å²) < 4.78 is 5.87. The van der Waals surface area contributed by atoms with Crippen LogP contribution in [0, 0.1) is 0 Å². The van der Waals surface area contributed by atoms with E-state index in [0.717, 1.165) is 6.04 Å². The average Bonchev–Trinajstić information content (AvgIpc) is 2.26. The van der Waals surface area contributed by atoms with Crippen molar-refractivity contribution in [1.29, 1.82) is 0 Å². The van der Waals surface area contributed by atoms with E-state index in [2.05, 4.69) is 44.0 Å². The molecule has 0 N–H and O–H groups in total. The van der Waals surface area contributed by atoms with Gasteiger partial charge in [-0.3, -0.25) is 0 Å². The molecule has 0 radical (unpaired) electrons. The first-order valence-electron chi connectivity index (χ1n) is 5.60. The Morgan fingerprint density at radius 2 is 1.94 bits per heavy atom. The number of benzene rings is 1. The summed E-state index contributed by atoms with van der Waals surface area (Å²) >= 11 is 0. The predicted octanol–water partition coefficient (Wildman–Crippen LogP) is 4.11. The summed E-state index contributed by atoms with van der Waals surface area (Å²) in [7, 11) is -1.51. The summed E-state index contributed by atoms with van der Waals surface area (Å²) in [6.07, 6.45) is 6.12. The molecule has 1 aromatic carbocycles. The first-order chi connectivity index (χ1) is 7.64. The largest absolute Gasteiger partial charge is 0.413 e. The Labute approximate surface area is 99.6 Å². The van der Waals surface area contributed by atoms with Gasteiger partial charge in [-0.15, -0.1) is 6.58 Å². The van der Waals surface area contributed by atoms with E-state index in [1.54, 1.807) is 0 Å². The van der Waals surface area contributed by atoms with Gasteiger partial charge in [0.05, 0.1) is 6.61 Å². The highest BCUT2D eigenvalue weighted by Gasteiger charge is 2.18. The number of allylic oxidation sites excluding steroid dienone is 1. The third kappa shape index (κ3) is 5.10. The maximum Gasteiger partial charge on any atom is 0.190 e. The molecule has 2 heteroatoms. The zero-order valence-electron chi connectivity index (χ0n) is 10.1. The fraction of sp³-hybridized carbons (Fsp3) is 0.286. The van der Waals surface area contributed by atoms with E-state index < -0.39 is 8.32 Å². The minimum Gasteiger partial charge on any atom is -0.413 e. The predicted molar refractivity (Wildman–Crippen MR) is 73.9 cm³/mol. The van der Waals surface area contributed by atoms with Crippen LogP contribution in [-0.4, -0.2) is 14.9 Å². The van der Waals surface area contributed by atoms with Crippen molar-refractivity contribution in [1.82, 2.24) is 0 Å². The minimum atomic E-state index is -1.51. The highest BCUT2D eigenvalue weighted by atomic mass is 28.4. The van der Waals surface area contributed by atoms with E-state index in [4.69, 9.17) is 4.43 Å². The Bertz CT molecular complexity index is 341. The van der Waals surface area contributed by atoms with Gasteiger partial charge >= 0.3 is 0 Å². The lowest BCUT2D eigenvalue weighted by atomic mass is 10.2. The maximum absolute atomic E-state index is 5.87. The third-order valence-corrected chi connectivity index (χ3v) is 4.54. The molecule has 0 aliphatic heterocycles. The molecule has 0 bridgehead atoms. The van der Waals surface area contributed by atoms with E-state index >= 15 is 0 Å². The van der Waals surface area contributed by atoms with Crippen LogP contribution in [0.4, 0.5) is 0 Å². The van der Waals surface area contributed by atoms with Gasteiger partial charge in [0.25, 0.3) is 0 Å². The van der Waals surface area contributed by atoms with Crippen LogP contribution in [-0.2, 0) is 4.43 Å². The highest BCUT2D eigenvalue weighted by Crippen LogP contribution is 2.11. The lowest BCUT2D eigenvalue weighted by molar-refractivity contribution is 0.355. The topological polar surface area (TPSA) is 9.23 Å². The van der Waals surface area contributed by atoms with E-state index in [-0.39, 0.29) is 0 Å². The average molecular weight is 232 g/mol. The molecule has 0 aromatic heterocycles. The number of rotatable bonds is 6. The Hall–Kier alpha value is -1.12. The monoisotopic (exact) mass is 232 g/mol. The molecule has 0 saturated heterocycles. The van der Waals surface area contributed by atoms with Crippen LogP contribution < -0.4 is 0 Å². The molecule has 1 nitrogen and oxygen atoms in total. The maximum atomic E-state index is 5.87. The standard InChI is InChI=1S/C14H20OSi/c1-4-13-16(2,3)15-12-8-11-14-9-6-5-7-10-14/h4-11H,1,12-13H2,2-3H3. The van der Waals surface area contributed by atoms with Crippen molar-refractivity contribution in [2.75, 3.05) is 6.61 Å². The fourth-order valence-electron chi connectivity index (χ4n) is 1.43. The Morgan fingerprint density at radius 1 is 1.25 bits per heavy atom. The summed E-state index contributed by atoms with van der Waals surface area (Å²) in [6, 6.07) is 11.3. The van der Waals surface area contributed by atoms with Crippen LogP contribution in [0.5, 0.6) is 0 Å². The second-order valence-corrected chi connectivity index (χ2v) is 8.59. The molecule has 0 unspecified atom stereocenters. The zero-order valence-corrected chi connectivity index (χ0v) is 11.1. The van der Waals surface area contributed by atoms with E-state index in [0.29, 0.717) is 6.61 Å². The minimum absolute atomic E-state index is 0.696. The molecule has 0 amide bonds. The van der Waals surface area contributed by atoms with Crippen molar-refractivity contribution in [2.45, 2.75) is 19.1 Å². The van der Waals surface area contributed by atoms with Gasteiger partial charge in [0.1, 0.15) is 0 Å². The summed E-state index contributed by atoms with van der Waals surface area (Å²) in [5, 5.41) is 0. The highest BCUT2D eigenvalue weighted by molar-refractivity contribution is 6.71. The van der Waals surface area contributed by atoms with E-state index in [1.165, 1.54) is 5.56 Å². The molecule has 0 saturated carbocycles.